The molecule has 7 heteroatoms. The number of hydrogen-bond acceptors (Lipinski definition) is 6. The van der Waals surface area contributed by atoms with E-state index in [2.05, 4.69) is 19.7 Å². The van der Waals surface area contributed by atoms with Crippen LogP contribution in [0.4, 0.5) is 0 Å². The zero-order chi connectivity index (χ0) is 18.8. The highest BCUT2D eigenvalue weighted by molar-refractivity contribution is 8.00. The van der Waals surface area contributed by atoms with Gasteiger partial charge in [-0.15, -0.1) is 10.2 Å². The highest BCUT2D eigenvalue weighted by atomic mass is 32.2. The SMILES string of the molecule is COc1ccc(C(=O)[C@@H](C)Sc2nnc(-c3ccncc3)n2C2CC2)cc1. The minimum absolute atomic E-state index is 0.0680. The first-order valence-corrected chi connectivity index (χ1v) is 9.75. The van der Waals surface area contributed by atoms with Gasteiger partial charge in [0.05, 0.1) is 12.4 Å². The third kappa shape index (κ3) is 3.73. The second-order valence-electron chi connectivity index (χ2n) is 6.50. The number of pyridine rings is 1. The molecule has 4 rings (SSSR count). The van der Waals surface area contributed by atoms with Crippen LogP contribution in [-0.2, 0) is 0 Å². The number of aromatic nitrogens is 4. The fourth-order valence-electron chi connectivity index (χ4n) is 2.92. The lowest BCUT2D eigenvalue weighted by molar-refractivity contribution is 0.0994. The van der Waals surface area contributed by atoms with Crippen LogP contribution < -0.4 is 4.74 Å². The van der Waals surface area contributed by atoms with E-state index in [1.165, 1.54) is 11.8 Å². The highest BCUT2D eigenvalue weighted by Crippen LogP contribution is 2.41. The van der Waals surface area contributed by atoms with Crippen molar-refractivity contribution in [1.29, 1.82) is 0 Å². The Labute approximate surface area is 162 Å². The van der Waals surface area contributed by atoms with Crippen molar-refractivity contribution >= 4 is 17.5 Å². The number of hydrogen-bond donors (Lipinski definition) is 0. The molecular formula is C20H20N4O2S. The van der Waals surface area contributed by atoms with E-state index in [0.29, 0.717) is 11.6 Å². The molecule has 0 N–H and O–H groups in total. The molecule has 0 saturated heterocycles. The molecular weight excluding hydrogens is 360 g/mol. The number of rotatable bonds is 7. The largest absolute Gasteiger partial charge is 0.497 e. The van der Waals surface area contributed by atoms with Gasteiger partial charge >= 0.3 is 0 Å². The Kier molecular flexibility index (Phi) is 4.94. The Bertz CT molecular complexity index is 936. The highest BCUT2D eigenvalue weighted by Gasteiger charge is 2.31. The van der Waals surface area contributed by atoms with E-state index in [1.54, 1.807) is 43.8 Å². The molecule has 2 heterocycles. The molecule has 3 aromatic rings. The van der Waals surface area contributed by atoms with Crippen molar-refractivity contribution in [3.05, 3.63) is 54.4 Å². The Morgan fingerprint density at radius 3 is 2.48 bits per heavy atom. The molecule has 0 radical (unpaired) electrons. The quantitative estimate of drug-likeness (QED) is 0.455. The van der Waals surface area contributed by atoms with Gasteiger partial charge in [-0.3, -0.25) is 14.3 Å². The van der Waals surface area contributed by atoms with Crippen molar-refractivity contribution in [3.8, 4) is 17.1 Å². The second-order valence-corrected chi connectivity index (χ2v) is 7.80. The number of carbonyl (C=O) groups is 1. The summed E-state index contributed by atoms with van der Waals surface area (Å²) in [6.45, 7) is 1.91. The van der Waals surface area contributed by atoms with Gasteiger partial charge in [-0.1, -0.05) is 11.8 Å². The molecule has 0 unspecified atom stereocenters. The van der Waals surface area contributed by atoms with Crippen molar-refractivity contribution in [1.82, 2.24) is 19.7 Å². The fourth-order valence-corrected chi connectivity index (χ4v) is 3.92. The third-order valence-corrected chi connectivity index (χ3v) is 5.60. The lowest BCUT2D eigenvalue weighted by atomic mass is 10.1. The maximum Gasteiger partial charge on any atom is 0.192 e. The summed E-state index contributed by atoms with van der Waals surface area (Å²) in [6, 6.07) is 11.5. The maximum absolute atomic E-state index is 12.8. The summed E-state index contributed by atoms with van der Waals surface area (Å²) < 4.78 is 7.32. The molecule has 1 atom stereocenters. The molecule has 2 aromatic heterocycles. The van der Waals surface area contributed by atoms with Gasteiger partial charge < -0.3 is 4.74 Å². The molecule has 0 bridgehead atoms. The maximum atomic E-state index is 12.8. The molecule has 0 spiro atoms. The summed E-state index contributed by atoms with van der Waals surface area (Å²) in [5.74, 6) is 1.65. The van der Waals surface area contributed by atoms with Gasteiger partial charge in [0, 0.05) is 29.6 Å². The number of ketones is 1. The summed E-state index contributed by atoms with van der Waals surface area (Å²) in [7, 11) is 1.61. The van der Waals surface area contributed by atoms with Crippen molar-refractivity contribution in [2.75, 3.05) is 7.11 Å². The van der Waals surface area contributed by atoms with Crippen LogP contribution in [0.1, 0.15) is 36.2 Å². The normalized spacial score (nSPS) is 14.7. The molecule has 1 aromatic carbocycles. The lowest BCUT2D eigenvalue weighted by Gasteiger charge is -2.12. The van der Waals surface area contributed by atoms with Crippen molar-refractivity contribution in [2.45, 2.75) is 36.2 Å². The zero-order valence-electron chi connectivity index (χ0n) is 15.2. The molecule has 27 heavy (non-hydrogen) atoms. The zero-order valence-corrected chi connectivity index (χ0v) is 16.0. The molecule has 1 fully saturated rings. The van der Waals surface area contributed by atoms with Crippen LogP contribution in [0, 0.1) is 0 Å². The first kappa shape index (κ1) is 17.7. The van der Waals surface area contributed by atoms with E-state index < -0.39 is 0 Å². The van der Waals surface area contributed by atoms with Crippen LogP contribution in [0.2, 0.25) is 0 Å². The van der Waals surface area contributed by atoms with Gasteiger partial charge in [-0.05, 0) is 56.2 Å². The average Bonchev–Trinajstić information content (AvgIpc) is 3.48. The van der Waals surface area contributed by atoms with Crippen LogP contribution in [0.5, 0.6) is 5.75 Å². The van der Waals surface area contributed by atoms with Crippen molar-refractivity contribution in [2.24, 2.45) is 0 Å². The average molecular weight is 380 g/mol. The first-order valence-electron chi connectivity index (χ1n) is 8.87. The number of carbonyl (C=O) groups excluding carboxylic acids is 1. The Morgan fingerprint density at radius 2 is 1.85 bits per heavy atom. The Hall–Kier alpha value is -2.67. The topological polar surface area (TPSA) is 69.9 Å². The Morgan fingerprint density at radius 1 is 1.15 bits per heavy atom. The van der Waals surface area contributed by atoms with Gasteiger partial charge in [0.2, 0.25) is 0 Å². The number of ether oxygens (including phenoxy) is 1. The van der Waals surface area contributed by atoms with E-state index in [0.717, 1.165) is 35.1 Å². The van der Waals surface area contributed by atoms with Crippen LogP contribution in [0.25, 0.3) is 11.4 Å². The van der Waals surface area contributed by atoms with E-state index in [9.17, 15) is 4.79 Å². The molecule has 1 aliphatic carbocycles. The lowest BCUT2D eigenvalue weighted by Crippen LogP contribution is -2.14. The predicted molar refractivity (Wildman–Crippen MR) is 104 cm³/mol. The molecule has 6 nitrogen and oxygen atoms in total. The third-order valence-electron chi connectivity index (χ3n) is 4.54. The van der Waals surface area contributed by atoms with E-state index in [1.807, 2.05) is 19.1 Å². The minimum Gasteiger partial charge on any atom is -0.497 e. The summed E-state index contributed by atoms with van der Waals surface area (Å²) in [4.78, 5) is 16.9. The summed E-state index contributed by atoms with van der Waals surface area (Å²) in [5.41, 5.74) is 1.66. The van der Waals surface area contributed by atoms with E-state index >= 15 is 0 Å². The monoisotopic (exact) mass is 380 g/mol. The number of thioether (sulfide) groups is 1. The summed E-state index contributed by atoms with van der Waals surface area (Å²) >= 11 is 1.46. The smallest absolute Gasteiger partial charge is 0.192 e. The van der Waals surface area contributed by atoms with Crippen molar-refractivity contribution in [3.63, 3.8) is 0 Å². The fraction of sp³-hybridized carbons (Fsp3) is 0.300. The molecule has 1 aliphatic rings. The number of benzene rings is 1. The van der Waals surface area contributed by atoms with Gasteiger partial charge in [0.25, 0.3) is 0 Å². The molecule has 138 valence electrons. The standard InChI is InChI=1S/C20H20N4O2S/c1-13(18(25)14-3-7-17(26-2)8-4-14)27-20-23-22-19(24(20)16-5-6-16)15-9-11-21-12-10-15/h3-4,7-13,16H,5-6H2,1-2H3/t13-/m1/s1. The van der Waals surface area contributed by atoms with Gasteiger partial charge in [0.1, 0.15) is 5.75 Å². The Balaban J connectivity index is 1.57. The van der Waals surface area contributed by atoms with Crippen LogP contribution >= 0.6 is 11.8 Å². The summed E-state index contributed by atoms with van der Waals surface area (Å²) in [6.07, 6.45) is 5.74. The predicted octanol–water partition coefficient (Wildman–Crippen LogP) is 4.05. The van der Waals surface area contributed by atoms with Crippen LogP contribution in [0.15, 0.2) is 53.9 Å². The molecule has 1 saturated carbocycles. The van der Waals surface area contributed by atoms with E-state index in [4.69, 9.17) is 4.74 Å². The van der Waals surface area contributed by atoms with Crippen LogP contribution in [0.3, 0.4) is 0 Å². The summed E-state index contributed by atoms with van der Waals surface area (Å²) in [5, 5.41) is 9.30. The van der Waals surface area contributed by atoms with Gasteiger partial charge in [0.15, 0.2) is 16.8 Å². The minimum atomic E-state index is -0.259. The van der Waals surface area contributed by atoms with Gasteiger partial charge in [-0.25, -0.2) is 0 Å². The first-order chi connectivity index (χ1) is 13.2. The van der Waals surface area contributed by atoms with E-state index in [-0.39, 0.29) is 11.0 Å². The molecule has 0 aliphatic heterocycles. The number of nitrogens with zero attached hydrogens (tertiary/aromatic N) is 4. The van der Waals surface area contributed by atoms with Gasteiger partial charge in [-0.2, -0.15) is 0 Å². The van der Waals surface area contributed by atoms with Crippen molar-refractivity contribution < 1.29 is 9.53 Å². The number of Topliss-reactive ketones (excluding diaryl/α,β-unsaturated/α-hetero) is 1. The number of methoxy groups -OCH3 is 1. The van der Waals surface area contributed by atoms with Crippen LogP contribution in [-0.4, -0.2) is 37.9 Å². The molecule has 0 amide bonds. The second kappa shape index (κ2) is 7.52.